The average molecular weight is 387 g/mol. The van der Waals surface area contributed by atoms with Crippen molar-refractivity contribution in [3.05, 3.63) is 82.7 Å². The lowest BCUT2D eigenvalue weighted by molar-refractivity contribution is 0.0663. The summed E-state index contributed by atoms with van der Waals surface area (Å²) in [7, 11) is 0. The van der Waals surface area contributed by atoms with E-state index in [1.807, 2.05) is 0 Å². The summed E-state index contributed by atoms with van der Waals surface area (Å²) >= 11 is 3.30. The molecule has 0 N–H and O–H groups in total. The van der Waals surface area contributed by atoms with E-state index >= 15 is 0 Å². The van der Waals surface area contributed by atoms with E-state index in [0.29, 0.717) is 5.56 Å². The number of hydrogen-bond donors (Lipinski definition) is 0. The Morgan fingerprint density at radius 1 is 0.833 bits per heavy atom. The van der Waals surface area contributed by atoms with Crippen LogP contribution in [0.5, 0.6) is 11.5 Å². The number of benzene rings is 2. The first-order valence-corrected chi connectivity index (χ1v) is 7.75. The van der Waals surface area contributed by atoms with E-state index in [2.05, 4.69) is 15.9 Å². The van der Waals surface area contributed by atoms with Gasteiger partial charge < -0.3 is 13.9 Å². The lowest BCUT2D eigenvalue weighted by Gasteiger charge is -2.09. The fourth-order valence-corrected chi connectivity index (χ4v) is 2.34. The molecule has 120 valence electrons. The molecule has 0 amide bonds. The first kappa shape index (κ1) is 16.0. The van der Waals surface area contributed by atoms with Crippen LogP contribution in [-0.4, -0.2) is 11.9 Å². The van der Waals surface area contributed by atoms with Crippen LogP contribution in [0.15, 0.2) is 75.8 Å². The molecule has 1 aromatic heterocycles. The molecule has 0 spiro atoms. The van der Waals surface area contributed by atoms with Crippen molar-refractivity contribution in [2.45, 2.75) is 0 Å². The van der Waals surface area contributed by atoms with Crippen molar-refractivity contribution in [1.29, 1.82) is 0 Å². The summed E-state index contributed by atoms with van der Waals surface area (Å²) in [5, 5.41) is 0. The van der Waals surface area contributed by atoms with Crippen molar-refractivity contribution >= 4 is 27.9 Å². The molecule has 5 nitrogen and oxygen atoms in total. The van der Waals surface area contributed by atoms with Gasteiger partial charge in [0.05, 0.1) is 11.8 Å². The summed E-state index contributed by atoms with van der Waals surface area (Å²) in [5.74, 6) is -0.906. The quantitative estimate of drug-likeness (QED) is 0.488. The predicted octanol–water partition coefficient (Wildman–Crippen LogP) is 4.48. The van der Waals surface area contributed by atoms with Crippen LogP contribution in [0.1, 0.15) is 20.9 Å². The van der Waals surface area contributed by atoms with Crippen molar-refractivity contribution in [3.8, 4) is 11.5 Å². The third kappa shape index (κ3) is 3.72. The second-order valence-corrected chi connectivity index (χ2v) is 5.63. The Morgan fingerprint density at radius 2 is 1.54 bits per heavy atom. The van der Waals surface area contributed by atoms with Crippen LogP contribution in [0.4, 0.5) is 0 Å². The number of carbonyl (C=O) groups is 2. The molecule has 6 heteroatoms. The molecule has 0 atom stereocenters. The van der Waals surface area contributed by atoms with Crippen LogP contribution in [0.25, 0.3) is 0 Å². The first-order chi connectivity index (χ1) is 11.6. The van der Waals surface area contributed by atoms with E-state index in [1.165, 1.54) is 18.4 Å². The van der Waals surface area contributed by atoms with Gasteiger partial charge in [0.2, 0.25) is 5.76 Å². The van der Waals surface area contributed by atoms with E-state index in [0.717, 1.165) is 4.47 Å². The number of ether oxygens (including phenoxy) is 2. The van der Waals surface area contributed by atoms with Gasteiger partial charge in [-0.05, 0) is 42.5 Å². The summed E-state index contributed by atoms with van der Waals surface area (Å²) in [4.78, 5) is 24.2. The fraction of sp³-hybridized carbons (Fsp3) is 0. The van der Waals surface area contributed by atoms with Gasteiger partial charge in [-0.1, -0.05) is 34.1 Å². The molecule has 2 aromatic carbocycles. The third-order valence-electron chi connectivity index (χ3n) is 3.04. The zero-order valence-corrected chi connectivity index (χ0v) is 13.9. The predicted molar refractivity (Wildman–Crippen MR) is 89.2 cm³/mol. The molecule has 1 heterocycles. The van der Waals surface area contributed by atoms with Crippen LogP contribution in [-0.2, 0) is 0 Å². The Hall–Kier alpha value is -2.86. The Kier molecular flexibility index (Phi) is 4.77. The van der Waals surface area contributed by atoms with Gasteiger partial charge in [-0.25, -0.2) is 9.59 Å². The smallest absolute Gasteiger partial charge is 0.379 e. The molecule has 0 aliphatic heterocycles. The normalized spacial score (nSPS) is 10.2. The van der Waals surface area contributed by atoms with Crippen molar-refractivity contribution in [3.63, 3.8) is 0 Å². The van der Waals surface area contributed by atoms with E-state index < -0.39 is 11.9 Å². The summed E-state index contributed by atoms with van der Waals surface area (Å²) in [5.41, 5.74) is 0.372. The number of rotatable bonds is 4. The zero-order chi connectivity index (χ0) is 16.9. The molecular formula is C18H11BrO5. The molecule has 0 saturated heterocycles. The van der Waals surface area contributed by atoms with Gasteiger partial charge in [-0.15, -0.1) is 0 Å². The summed E-state index contributed by atoms with van der Waals surface area (Å²) < 4.78 is 16.3. The van der Waals surface area contributed by atoms with Crippen LogP contribution >= 0.6 is 15.9 Å². The molecule has 0 aliphatic carbocycles. The first-order valence-electron chi connectivity index (χ1n) is 6.96. The molecular weight excluding hydrogens is 376 g/mol. The number of hydrogen-bond acceptors (Lipinski definition) is 5. The lowest BCUT2D eigenvalue weighted by Crippen LogP contribution is -2.12. The molecule has 0 bridgehead atoms. The van der Waals surface area contributed by atoms with Gasteiger partial charge in [-0.3, -0.25) is 0 Å². The molecule has 24 heavy (non-hydrogen) atoms. The molecule has 3 aromatic rings. The van der Waals surface area contributed by atoms with E-state index in [-0.39, 0.29) is 17.3 Å². The number of carbonyl (C=O) groups excluding carboxylic acids is 2. The van der Waals surface area contributed by atoms with Crippen molar-refractivity contribution in [2.24, 2.45) is 0 Å². The Morgan fingerprint density at radius 3 is 2.17 bits per heavy atom. The van der Waals surface area contributed by atoms with E-state index in [1.54, 1.807) is 48.5 Å². The second kappa shape index (κ2) is 7.14. The van der Waals surface area contributed by atoms with Gasteiger partial charge in [0, 0.05) is 4.47 Å². The van der Waals surface area contributed by atoms with Crippen molar-refractivity contribution in [2.75, 3.05) is 0 Å². The minimum absolute atomic E-state index is 0.0584. The standard InChI is InChI=1S/C18H11BrO5/c19-13-6-3-5-12(11-13)17(20)23-14-7-1-2-8-15(14)24-18(21)16-9-4-10-22-16/h1-11H. The SMILES string of the molecule is O=C(Oc1ccccc1OC(=O)c1ccco1)c1cccc(Br)c1. The van der Waals surface area contributed by atoms with Crippen molar-refractivity contribution < 1.29 is 23.5 Å². The maximum atomic E-state index is 12.2. The third-order valence-corrected chi connectivity index (χ3v) is 3.53. The highest BCUT2D eigenvalue weighted by atomic mass is 79.9. The van der Waals surface area contributed by atoms with E-state index in [4.69, 9.17) is 13.9 Å². The van der Waals surface area contributed by atoms with Gasteiger partial charge in [0.1, 0.15) is 0 Å². The van der Waals surface area contributed by atoms with Gasteiger partial charge >= 0.3 is 11.9 Å². The maximum absolute atomic E-state index is 12.2. The largest absolute Gasteiger partial charge is 0.457 e. The lowest BCUT2D eigenvalue weighted by atomic mass is 10.2. The highest BCUT2D eigenvalue weighted by Crippen LogP contribution is 2.28. The van der Waals surface area contributed by atoms with E-state index in [9.17, 15) is 9.59 Å². The fourth-order valence-electron chi connectivity index (χ4n) is 1.94. The molecule has 0 aliphatic rings. The average Bonchev–Trinajstić information content (AvgIpc) is 3.11. The van der Waals surface area contributed by atoms with Crippen LogP contribution in [0.3, 0.4) is 0 Å². The Labute approximate surface area is 145 Å². The molecule has 0 saturated carbocycles. The van der Waals surface area contributed by atoms with Crippen molar-refractivity contribution in [1.82, 2.24) is 0 Å². The van der Waals surface area contributed by atoms with Crippen LogP contribution in [0, 0.1) is 0 Å². The number of esters is 2. The topological polar surface area (TPSA) is 65.7 Å². The highest BCUT2D eigenvalue weighted by molar-refractivity contribution is 9.10. The Bertz CT molecular complexity index is 871. The number of para-hydroxylation sites is 2. The molecule has 0 fully saturated rings. The second-order valence-electron chi connectivity index (χ2n) is 4.71. The minimum Gasteiger partial charge on any atom is -0.457 e. The van der Waals surface area contributed by atoms with Gasteiger partial charge in [-0.2, -0.15) is 0 Å². The summed E-state index contributed by atoms with van der Waals surface area (Å²) in [6.07, 6.45) is 1.37. The van der Waals surface area contributed by atoms with Crippen LogP contribution in [0.2, 0.25) is 0 Å². The monoisotopic (exact) mass is 386 g/mol. The summed E-state index contributed by atoms with van der Waals surface area (Å²) in [6.45, 7) is 0. The molecule has 0 unspecified atom stereocenters. The van der Waals surface area contributed by atoms with Crippen LogP contribution < -0.4 is 9.47 Å². The van der Waals surface area contributed by atoms with Gasteiger partial charge in [0.15, 0.2) is 11.5 Å². The molecule has 0 radical (unpaired) electrons. The molecule has 3 rings (SSSR count). The summed E-state index contributed by atoms with van der Waals surface area (Å²) in [6, 6.07) is 16.3. The highest BCUT2D eigenvalue weighted by Gasteiger charge is 2.17. The van der Waals surface area contributed by atoms with Gasteiger partial charge in [0.25, 0.3) is 0 Å². The minimum atomic E-state index is -0.675. The maximum Gasteiger partial charge on any atom is 0.379 e. The zero-order valence-electron chi connectivity index (χ0n) is 12.3. The number of halogens is 1. The Balaban J connectivity index is 1.79. The number of furan rings is 1.